The summed E-state index contributed by atoms with van der Waals surface area (Å²) in [5.41, 5.74) is 6.40. The van der Waals surface area contributed by atoms with Gasteiger partial charge in [0.05, 0.1) is 19.0 Å². The van der Waals surface area contributed by atoms with Crippen LogP contribution in [-0.2, 0) is 14.9 Å². The van der Waals surface area contributed by atoms with Gasteiger partial charge in [-0.3, -0.25) is 4.79 Å². The molecule has 7 heteroatoms. The van der Waals surface area contributed by atoms with Gasteiger partial charge in [0.15, 0.2) is 0 Å². The normalized spacial score (nSPS) is 21.6. The van der Waals surface area contributed by atoms with E-state index in [-0.39, 0.29) is 17.7 Å². The molecular formula is C33H42N4O3. The molecule has 0 unspecified atom stereocenters. The number of H-pyrrole nitrogens is 1. The zero-order valence-corrected chi connectivity index (χ0v) is 24.1. The second-order valence-corrected chi connectivity index (χ2v) is 12.1. The molecule has 3 N–H and O–H groups in total. The average Bonchev–Trinajstić information content (AvgIpc) is 3.50. The van der Waals surface area contributed by atoms with E-state index in [1.54, 1.807) is 0 Å². The zero-order chi connectivity index (χ0) is 28.3. The molecule has 3 aromatic rings. The first-order chi connectivity index (χ1) is 19.3. The molecule has 0 aliphatic heterocycles. The minimum atomic E-state index is -0.663. The number of aromatic amines is 1. The summed E-state index contributed by atoms with van der Waals surface area (Å²) < 4.78 is 4.64. The highest BCUT2D eigenvalue weighted by Gasteiger charge is 2.41. The van der Waals surface area contributed by atoms with Crippen molar-refractivity contribution in [1.82, 2.24) is 20.6 Å². The fourth-order valence-electron chi connectivity index (χ4n) is 6.46. The van der Waals surface area contributed by atoms with Gasteiger partial charge in [0, 0.05) is 12.5 Å². The van der Waals surface area contributed by atoms with Crippen LogP contribution in [0.25, 0.3) is 22.4 Å². The molecule has 1 heterocycles. The van der Waals surface area contributed by atoms with Crippen LogP contribution in [0.15, 0.2) is 54.7 Å². The van der Waals surface area contributed by atoms with Crippen LogP contribution in [0, 0.1) is 11.8 Å². The Labute approximate surface area is 237 Å². The number of aromatic nitrogens is 2. The maximum Gasteiger partial charge on any atom is 0.407 e. The lowest BCUT2D eigenvalue weighted by Gasteiger charge is -2.47. The van der Waals surface area contributed by atoms with Gasteiger partial charge in [-0.1, -0.05) is 69.3 Å². The van der Waals surface area contributed by atoms with E-state index < -0.39 is 12.1 Å². The van der Waals surface area contributed by atoms with Crippen molar-refractivity contribution in [2.24, 2.45) is 11.8 Å². The predicted molar refractivity (Wildman–Crippen MR) is 158 cm³/mol. The monoisotopic (exact) mass is 542 g/mol. The number of nitrogens with one attached hydrogen (secondary N) is 3. The van der Waals surface area contributed by atoms with Crippen LogP contribution in [0.3, 0.4) is 0 Å². The molecule has 7 nitrogen and oxygen atoms in total. The lowest BCUT2D eigenvalue weighted by atomic mass is 9.58. The molecule has 1 aromatic heterocycles. The van der Waals surface area contributed by atoms with Gasteiger partial charge < -0.3 is 20.4 Å². The second kappa shape index (κ2) is 11.9. The van der Waals surface area contributed by atoms with E-state index in [4.69, 9.17) is 0 Å². The lowest BCUT2D eigenvalue weighted by molar-refractivity contribution is -0.124. The number of amides is 2. The third kappa shape index (κ3) is 5.93. The molecule has 0 radical (unpaired) electrons. The minimum absolute atomic E-state index is 0.0277. The van der Waals surface area contributed by atoms with Gasteiger partial charge in [0.25, 0.3) is 0 Å². The van der Waals surface area contributed by atoms with Crippen LogP contribution < -0.4 is 10.6 Å². The van der Waals surface area contributed by atoms with E-state index in [1.165, 1.54) is 62.3 Å². The van der Waals surface area contributed by atoms with E-state index in [1.807, 2.05) is 27.0 Å². The van der Waals surface area contributed by atoms with Crippen LogP contribution in [0.1, 0.15) is 76.6 Å². The smallest absolute Gasteiger partial charge is 0.407 e. The third-order valence-electron chi connectivity index (χ3n) is 9.17. The van der Waals surface area contributed by atoms with Crippen molar-refractivity contribution in [2.75, 3.05) is 13.7 Å². The molecular weight excluding hydrogens is 500 g/mol. The van der Waals surface area contributed by atoms with Crippen LogP contribution in [0.5, 0.6) is 0 Å². The Morgan fingerprint density at radius 1 is 0.950 bits per heavy atom. The number of carbonyl (C=O) groups is 2. The number of fused-ring (bicyclic) bond motifs is 3. The number of carbonyl (C=O) groups excluding carboxylic acids is 2. The maximum absolute atomic E-state index is 12.7. The minimum Gasteiger partial charge on any atom is -0.453 e. The summed E-state index contributed by atoms with van der Waals surface area (Å²) in [6.07, 6.45) is 9.49. The van der Waals surface area contributed by atoms with Crippen LogP contribution in [-0.4, -0.2) is 41.7 Å². The van der Waals surface area contributed by atoms with Crippen molar-refractivity contribution >= 4 is 12.0 Å². The number of hydrogen-bond acceptors (Lipinski definition) is 4. The molecule has 2 atom stereocenters. The molecule has 0 spiro atoms. The van der Waals surface area contributed by atoms with Crippen LogP contribution in [0.2, 0.25) is 0 Å². The fourth-order valence-corrected chi connectivity index (χ4v) is 6.46. The Kier molecular flexibility index (Phi) is 8.29. The highest BCUT2D eigenvalue weighted by atomic mass is 16.5. The van der Waals surface area contributed by atoms with E-state index in [2.05, 4.69) is 73.9 Å². The van der Waals surface area contributed by atoms with Crippen molar-refractivity contribution in [1.29, 1.82) is 0 Å². The van der Waals surface area contributed by atoms with Gasteiger partial charge in [-0.25, -0.2) is 9.78 Å². The first kappa shape index (κ1) is 27.9. The molecule has 3 fully saturated rings. The molecule has 212 valence electrons. The number of methoxy groups -OCH3 is 1. The van der Waals surface area contributed by atoms with Gasteiger partial charge >= 0.3 is 6.09 Å². The topological polar surface area (TPSA) is 96.1 Å². The Morgan fingerprint density at radius 2 is 1.52 bits per heavy atom. The number of hydrogen-bond donors (Lipinski definition) is 3. The molecule has 40 heavy (non-hydrogen) atoms. The molecule has 3 aliphatic rings. The SMILES string of the molecule is COC(=O)N[C@@H](C(=O)NC[C@H](C)c1ncc(-c2ccc(-c3ccc(C45CCC(CC4)CC5)cc3)cc2)[nH]1)C(C)C. The Morgan fingerprint density at radius 3 is 2.10 bits per heavy atom. The van der Waals surface area contributed by atoms with Crippen LogP contribution in [0.4, 0.5) is 4.79 Å². The predicted octanol–water partition coefficient (Wildman–Crippen LogP) is 6.57. The average molecular weight is 543 g/mol. The number of rotatable bonds is 9. The highest BCUT2D eigenvalue weighted by Crippen LogP contribution is 2.51. The van der Waals surface area contributed by atoms with Crippen molar-refractivity contribution in [3.8, 4) is 22.4 Å². The van der Waals surface area contributed by atoms with Gasteiger partial charge in [0.1, 0.15) is 11.9 Å². The summed E-state index contributed by atoms with van der Waals surface area (Å²) in [7, 11) is 1.28. The fraction of sp³-hybridized carbons (Fsp3) is 0.485. The van der Waals surface area contributed by atoms with Gasteiger partial charge in [0.2, 0.25) is 5.91 Å². The Balaban J connectivity index is 1.19. The summed E-state index contributed by atoms with van der Waals surface area (Å²) in [6.45, 7) is 6.16. The van der Waals surface area contributed by atoms with Gasteiger partial charge in [-0.2, -0.15) is 0 Å². The van der Waals surface area contributed by atoms with E-state index in [0.29, 0.717) is 12.0 Å². The van der Waals surface area contributed by atoms with E-state index in [0.717, 1.165) is 23.0 Å². The maximum atomic E-state index is 12.7. The molecule has 6 rings (SSSR count). The number of alkyl carbamates (subject to hydrolysis) is 1. The van der Waals surface area contributed by atoms with E-state index >= 15 is 0 Å². The standard InChI is InChI=1S/C33H42N4O3/c1-21(2)29(37-32(39)40-4)31(38)35-19-22(3)30-34-20-28(36-30)26-7-5-24(6-8-26)25-9-11-27(12-10-25)33-16-13-23(14-17-33)15-18-33/h5-12,20-23,29H,13-19H2,1-4H3,(H,34,36)(H,35,38)(H,37,39)/t22-,23?,29+,33?/m0/s1. The summed E-state index contributed by atoms with van der Waals surface area (Å²) in [6, 6.07) is 17.2. The van der Waals surface area contributed by atoms with Crippen molar-refractivity contribution in [2.45, 2.75) is 76.7 Å². The number of benzene rings is 2. The third-order valence-corrected chi connectivity index (χ3v) is 9.17. The number of imidazole rings is 1. The Bertz CT molecular complexity index is 1290. The van der Waals surface area contributed by atoms with Crippen molar-refractivity contribution in [3.05, 3.63) is 66.1 Å². The molecule has 3 aliphatic carbocycles. The Hall–Kier alpha value is -3.61. The van der Waals surface area contributed by atoms with Crippen molar-refractivity contribution < 1.29 is 14.3 Å². The number of ether oxygens (including phenoxy) is 1. The highest BCUT2D eigenvalue weighted by molar-refractivity contribution is 5.85. The first-order valence-electron chi connectivity index (χ1n) is 14.7. The van der Waals surface area contributed by atoms with E-state index in [9.17, 15) is 9.59 Å². The molecule has 0 saturated heterocycles. The molecule has 2 amide bonds. The van der Waals surface area contributed by atoms with Crippen LogP contribution >= 0.6 is 0 Å². The number of nitrogens with zero attached hydrogens (tertiary/aromatic N) is 1. The summed E-state index contributed by atoms with van der Waals surface area (Å²) in [5.74, 6) is 1.44. The summed E-state index contributed by atoms with van der Waals surface area (Å²) in [5, 5.41) is 5.53. The summed E-state index contributed by atoms with van der Waals surface area (Å²) >= 11 is 0. The van der Waals surface area contributed by atoms with Crippen molar-refractivity contribution in [3.63, 3.8) is 0 Å². The molecule has 3 saturated carbocycles. The van der Waals surface area contributed by atoms with Gasteiger partial charge in [-0.15, -0.1) is 0 Å². The first-order valence-corrected chi connectivity index (χ1v) is 14.7. The zero-order valence-electron chi connectivity index (χ0n) is 24.1. The van der Waals surface area contributed by atoms with Gasteiger partial charge in [-0.05, 0) is 78.0 Å². The summed E-state index contributed by atoms with van der Waals surface area (Å²) in [4.78, 5) is 32.2. The molecule has 2 aromatic carbocycles. The lowest BCUT2D eigenvalue weighted by Crippen LogP contribution is -2.50. The largest absolute Gasteiger partial charge is 0.453 e. The quantitative estimate of drug-likeness (QED) is 0.285. The second-order valence-electron chi connectivity index (χ2n) is 12.1. The molecule has 2 bridgehead atoms.